The van der Waals surface area contributed by atoms with Crippen LogP contribution in [0.1, 0.15) is 74.8 Å². The molecule has 2 aliphatic carbocycles. The van der Waals surface area contributed by atoms with Gasteiger partial charge in [0.25, 0.3) is 0 Å². The van der Waals surface area contributed by atoms with Gasteiger partial charge >= 0.3 is 12.1 Å². The molecule has 1 amide bonds. The van der Waals surface area contributed by atoms with Crippen molar-refractivity contribution < 1.29 is 14.3 Å². The van der Waals surface area contributed by atoms with Crippen molar-refractivity contribution in [2.75, 3.05) is 56.2 Å². The molecule has 4 atom stereocenters. The van der Waals surface area contributed by atoms with Crippen LogP contribution in [0.15, 0.2) is 18.2 Å². The first-order valence-corrected chi connectivity index (χ1v) is 16.4. The van der Waals surface area contributed by atoms with Crippen molar-refractivity contribution in [2.24, 2.45) is 5.92 Å². The van der Waals surface area contributed by atoms with Crippen molar-refractivity contribution in [2.45, 2.75) is 89.4 Å². The summed E-state index contributed by atoms with van der Waals surface area (Å²) in [6.07, 6.45) is 5.55. The quantitative estimate of drug-likeness (QED) is 0.475. The lowest BCUT2D eigenvalue weighted by Gasteiger charge is -2.42. The second-order valence-corrected chi connectivity index (χ2v) is 14.3. The van der Waals surface area contributed by atoms with E-state index in [0.717, 1.165) is 61.4 Å². The molecule has 10 nitrogen and oxygen atoms in total. The second kappa shape index (κ2) is 11.4. The van der Waals surface area contributed by atoms with Crippen molar-refractivity contribution in [1.29, 1.82) is 5.26 Å². The van der Waals surface area contributed by atoms with E-state index in [0.29, 0.717) is 38.3 Å². The molecule has 0 radical (unpaired) electrons. The van der Waals surface area contributed by atoms with Gasteiger partial charge in [0.1, 0.15) is 18.0 Å². The van der Waals surface area contributed by atoms with E-state index in [2.05, 4.69) is 46.0 Å². The topological polar surface area (TPSA) is 98.1 Å². The van der Waals surface area contributed by atoms with E-state index in [9.17, 15) is 10.1 Å². The van der Waals surface area contributed by atoms with Gasteiger partial charge in [0.2, 0.25) is 0 Å². The number of piperazine rings is 1. The number of nitrogens with zero attached hydrogens (tertiary/aromatic N) is 7. The molecule has 4 heterocycles. The Bertz CT molecular complexity index is 1470. The first-order chi connectivity index (χ1) is 21.2. The Morgan fingerprint density at radius 3 is 2.75 bits per heavy atom. The molecule has 0 N–H and O–H groups in total. The number of hydrogen-bond donors (Lipinski definition) is 0. The number of ether oxygens (including phenoxy) is 2. The molecule has 3 aliphatic heterocycles. The molecule has 0 bridgehead atoms. The highest BCUT2D eigenvalue weighted by atomic mass is 16.6. The summed E-state index contributed by atoms with van der Waals surface area (Å²) in [7, 11) is 2.15. The van der Waals surface area contributed by atoms with Crippen LogP contribution in [0.3, 0.4) is 0 Å². The fourth-order valence-corrected chi connectivity index (χ4v) is 7.76. The lowest BCUT2D eigenvalue weighted by Crippen LogP contribution is -2.56. The van der Waals surface area contributed by atoms with Crippen LogP contribution in [-0.2, 0) is 24.1 Å². The monoisotopic (exact) mass is 599 g/mol. The van der Waals surface area contributed by atoms with Gasteiger partial charge in [-0.3, -0.25) is 0 Å². The van der Waals surface area contributed by atoms with E-state index in [4.69, 9.17) is 19.4 Å². The molecule has 2 unspecified atom stereocenters. The third-order valence-electron chi connectivity index (χ3n) is 10.1. The maximum atomic E-state index is 13.1. The molecule has 2 saturated heterocycles. The highest BCUT2D eigenvalue weighted by molar-refractivity contribution is 5.69. The summed E-state index contributed by atoms with van der Waals surface area (Å²) in [5.41, 5.74) is 6.04. The summed E-state index contributed by atoms with van der Waals surface area (Å²) in [5.74, 6) is 2.45. The minimum Gasteiger partial charge on any atom is -0.462 e. The zero-order valence-electron chi connectivity index (χ0n) is 26.6. The maximum Gasteiger partial charge on any atom is 0.410 e. The number of likely N-dealkylation sites (N-methyl/N-ethyl adjacent to an activating group) is 1. The van der Waals surface area contributed by atoms with Gasteiger partial charge in [-0.2, -0.15) is 15.2 Å². The number of aromatic nitrogens is 2. The highest BCUT2D eigenvalue weighted by Crippen LogP contribution is 2.59. The predicted octanol–water partition coefficient (Wildman–Crippen LogP) is 4.51. The number of likely N-dealkylation sites (tertiary alicyclic amines) is 1. The number of amides is 1. The maximum absolute atomic E-state index is 13.1. The van der Waals surface area contributed by atoms with Crippen molar-refractivity contribution in [3.63, 3.8) is 0 Å². The average Bonchev–Trinajstić information content (AvgIpc) is 3.47. The molecule has 10 heteroatoms. The van der Waals surface area contributed by atoms with E-state index in [-0.39, 0.29) is 18.6 Å². The normalized spacial score (nSPS) is 26.1. The molecule has 1 aromatic carbocycles. The Morgan fingerprint density at radius 1 is 1.11 bits per heavy atom. The lowest BCUT2D eigenvalue weighted by atomic mass is 9.99. The molecular weight excluding hydrogens is 554 g/mol. The summed E-state index contributed by atoms with van der Waals surface area (Å²) in [6.45, 7) is 10.5. The summed E-state index contributed by atoms with van der Waals surface area (Å²) in [4.78, 5) is 31.9. The predicted molar refractivity (Wildman–Crippen MR) is 168 cm³/mol. The van der Waals surface area contributed by atoms with Gasteiger partial charge in [0.05, 0.1) is 30.8 Å². The van der Waals surface area contributed by atoms with Crippen LogP contribution in [0.5, 0.6) is 6.01 Å². The number of hydrogen-bond acceptors (Lipinski definition) is 9. The molecule has 1 saturated carbocycles. The first-order valence-electron chi connectivity index (χ1n) is 16.4. The number of benzene rings is 1. The van der Waals surface area contributed by atoms with Crippen LogP contribution in [0.4, 0.5) is 16.3 Å². The lowest BCUT2D eigenvalue weighted by molar-refractivity contribution is 0.0144. The van der Waals surface area contributed by atoms with Crippen molar-refractivity contribution in [3.05, 3.63) is 40.6 Å². The molecule has 5 aliphatic rings. The van der Waals surface area contributed by atoms with E-state index < -0.39 is 5.60 Å². The van der Waals surface area contributed by atoms with Gasteiger partial charge in [0, 0.05) is 43.5 Å². The van der Waals surface area contributed by atoms with E-state index in [1.807, 2.05) is 20.8 Å². The average molecular weight is 600 g/mol. The number of fused-ring (bicyclic) bond motifs is 4. The summed E-state index contributed by atoms with van der Waals surface area (Å²) < 4.78 is 12.0. The van der Waals surface area contributed by atoms with E-state index >= 15 is 0 Å². The SMILES string of the molecule is CN1CCC[C@H]1COc1nc2c(c(N3CCN(C(=O)OC(C)(C)C)[C@@H](CC#N)C3)n1)CCN(c1cccc3c1C1CC1C3)C2. The molecular formula is C34H45N7O3. The third-order valence-corrected chi connectivity index (χ3v) is 10.1. The summed E-state index contributed by atoms with van der Waals surface area (Å²) in [6, 6.07) is 9.61. The standard InChI is InChI=1S/C34H45N7O3/c1-34(2,3)44-33(42)41-16-15-40(19-24(41)10-12-35)31-26-11-14-39(29-9-5-7-22-17-23-18-27(23)30(22)29)20-28(26)36-32(37-31)43-21-25-8-6-13-38(25)4/h5,7,9,23-25,27H,6,8,10-11,13-21H2,1-4H3/t23?,24-,25-,27?/m0/s1. The zero-order valence-corrected chi connectivity index (χ0v) is 26.6. The Labute approximate surface area is 260 Å². The van der Waals surface area contributed by atoms with Crippen molar-refractivity contribution >= 4 is 17.6 Å². The highest BCUT2D eigenvalue weighted by Gasteiger charge is 2.47. The molecule has 1 aromatic heterocycles. The molecule has 0 spiro atoms. The first kappa shape index (κ1) is 29.1. The van der Waals surface area contributed by atoms with Crippen LogP contribution < -0.4 is 14.5 Å². The molecule has 3 fully saturated rings. The largest absolute Gasteiger partial charge is 0.462 e. The Kier molecular flexibility index (Phi) is 7.56. The molecule has 44 heavy (non-hydrogen) atoms. The number of nitriles is 1. The number of carbonyl (C=O) groups excluding carboxylic acids is 1. The number of rotatable bonds is 6. The number of carbonyl (C=O) groups is 1. The van der Waals surface area contributed by atoms with E-state index in [1.54, 1.807) is 10.5 Å². The van der Waals surface area contributed by atoms with Gasteiger partial charge < -0.3 is 29.1 Å². The second-order valence-electron chi connectivity index (χ2n) is 14.3. The Morgan fingerprint density at radius 2 is 1.98 bits per heavy atom. The van der Waals surface area contributed by atoms with Crippen LogP contribution in [0.2, 0.25) is 0 Å². The third kappa shape index (κ3) is 5.67. The fraction of sp³-hybridized carbons (Fsp3) is 0.647. The van der Waals surface area contributed by atoms with Crippen molar-refractivity contribution in [3.8, 4) is 12.1 Å². The minimum absolute atomic E-state index is 0.232. The Hall–Kier alpha value is -3.58. The van der Waals surface area contributed by atoms with Gasteiger partial charge in [-0.15, -0.1) is 0 Å². The van der Waals surface area contributed by atoms with Crippen LogP contribution in [0.25, 0.3) is 0 Å². The van der Waals surface area contributed by atoms with E-state index in [1.165, 1.54) is 30.5 Å². The van der Waals surface area contributed by atoms with Crippen LogP contribution >= 0.6 is 0 Å². The molecule has 234 valence electrons. The number of anilines is 2. The van der Waals surface area contributed by atoms with Crippen LogP contribution in [0, 0.1) is 17.2 Å². The smallest absolute Gasteiger partial charge is 0.410 e. The summed E-state index contributed by atoms with van der Waals surface area (Å²) in [5, 5.41) is 9.66. The minimum atomic E-state index is -0.595. The summed E-state index contributed by atoms with van der Waals surface area (Å²) >= 11 is 0. The van der Waals surface area contributed by atoms with Gasteiger partial charge in [-0.05, 0) is 95.5 Å². The van der Waals surface area contributed by atoms with Gasteiger partial charge in [0.15, 0.2) is 0 Å². The fourth-order valence-electron chi connectivity index (χ4n) is 7.76. The van der Waals surface area contributed by atoms with Gasteiger partial charge in [-0.1, -0.05) is 12.1 Å². The zero-order chi connectivity index (χ0) is 30.6. The van der Waals surface area contributed by atoms with Crippen LogP contribution in [-0.4, -0.2) is 89.9 Å². The molecule has 7 rings (SSSR count). The Balaban J connectivity index is 1.17. The van der Waals surface area contributed by atoms with Gasteiger partial charge in [-0.25, -0.2) is 4.79 Å². The van der Waals surface area contributed by atoms with Crippen molar-refractivity contribution in [1.82, 2.24) is 19.8 Å². The molecule has 2 aromatic rings.